The summed E-state index contributed by atoms with van der Waals surface area (Å²) < 4.78 is 14.3. The van der Waals surface area contributed by atoms with E-state index >= 15 is 0 Å². The molecule has 0 aliphatic carbocycles. The van der Waals surface area contributed by atoms with Crippen LogP contribution in [0.2, 0.25) is 5.02 Å². The van der Waals surface area contributed by atoms with E-state index < -0.39 is 11.9 Å². The van der Waals surface area contributed by atoms with E-state index in [0.29, 0.717) is 27.0 Å². The van der Waals surface area contributed by atoms with Crippen LogP contribution >= 0.6 is 27.5 Å². The first-order valence-electron chi connectivity index (χ1n) is 5.81. The number of carbonyl (C=O) groups is 1. The summed E-state index contributed by atoms with van der Waals surface area (Å²) >= 11 is 9.13. The van der Waals surface area contributed by atoms with Gasteiger partial charge in [0.25, 0.3) is 0 Å². The van der Waals surface area contributed by atoms with Crippen molar-refractivity contribution in [3.63, 3.8) is 0 Å². The number of hydrogen-bond donors (Lipinski definition) is 2. The molecule has 0 radical (unpaired) electrons. The molecule has 108 valence electrons. The van der Waals surface area contributed by atoms with E-state index in [2.05, 4.69) is 25.9 Å². The van der Waals surface area contributed by atoms with Crippen molar-refractivity contribution in [3.8, 4) is 0 Å². The molecule has 0 aliphatic heterocycles. The van der Waals surface area contributed by atoms with Crippen molar-refractivity contribution >= 4 is 61.2 Å². The van der Waals surface area contributed by atoms with Crippen LogP contribution in [-0.2, 0) is 0 Å². The predicted octanol–water partition coefficient (Wildman–Crippen LogP) is 4.39. The van der Waals surface area contributed by atoms with Gasteiger partial charge in [-0.05, 0) is 22.0 Å². The van der Waals surface area contributed by atoms with Crippen molar-refractivity contribution in [2.24, 2.45) is 0 Å². The summed E-state index contributed by atoms with van der Waals surface area (Å²) in [4.78, 5) is 19.2. The Balaban J connectivity index is 2.49. The van der Waals surface area contributed by atoms with Crippen molar-refractivity contribution in [1.82, 2.24) is 9.97 Å². The van der Waals surface area contributed by atoms with Crippen LogP contribution in [0.1, 0.15) is 0 Å². The molecule has 3 aromatic rings. The number of halogens is 3. The fourth-order valence-electron chi connectivity index (χ4n) is 2.21. The number of nitrogens with zero attached hydrogens (tertiary/aromatic N) is 2. The third-order valence-corrected chi connectivity index (χ3v) is 4.20. The van der Waals surface area contributed by atoms with E-state index in [4.69, 9.17) is 16.7 Å². The normalized spacial score (nSPS) is 11.2. The number of amides is 1. The topological polar surface area (TPSA) is 69.2 Å². The van der Waals surface area contributed by atoms with Crippen LogP contribution in [0, 0.1) is 5.82 Å². The number of pyridine rings is 1. The second-order valence-corrected chi connectivity index (χ2v) is 5.69. The Kier molecular flexibility index (Phi) is 3.26. The number of benzene rings is 1. The van der Waals surface area contributed by atoms with Gasteiger partial charge >= 0.3 is 6.09 Å². The van der Waals surface area contributed by atoms with Crippen molar-refractivity contribution < 1.29 is 14.3 Å². The molecular weight excluding hydrogens is 365 g/mol. The standard InChI is InChI=1S/C13H8BrClFN3O2/c1-19(13(20)21)8-3-7(16)10(14)9-6-2-5(15)4-17-12(6)18-11(8)9/h2-4H,1H3,(H,17,18)(H,20,21). The number of rotatable bonds is 1. The molecule has 0 unspecified atom stereocenters. The minimum Gasteiger partial charge on any atom is -0.465 e. The van der Waals surface area contributed by atoms with Crippen LogP contribution in [-0.4, -0.2) is 28.2 Å². The fraction of sp³-hybridized carbons (Fsp3) is 0.0769. The van der Waals surface area contributed by atoms with Gasteiger partial charge in [0.05, 0.1) is 20.7 Å². The minimum absolute atomic E-state index is 0.201. The molecule has 2 aromatic heterocycles. The molecule has 2 N–H and O–H groups in total. The maximum absolute atomic E-state index is 14.1. The van der Waals surface area contributed by atoms with E-state index in [1.54, 1.807) is 6.07 Å². The van der Waals surface area contributed by atoms with Gasteiger partial charge < -0.3 is 10.1 Å². The van der Waals surface area contributed by atoms with Gasteiger partial charge in [0.15, 0.2) is 0 Å². The number of carboxylic acid groups (broad SMARTS) is 1. The largest absolute Gasteiger partial charge is 0.465 e. The number of anilines is 1. The fourth-order valence-corrected chi connectivity index (χ4v) is 2.89. The highest BCUT2D eigenvalue weighted by atomic mass is 79.9. The van der Waals surface area contributed by atoms with Crippen molar-refractivity contribution in [2.45, 2.75) is 0 Å². The van der Waals surface area contributed by atoms with Gasteiger partial charge in [-0.3, -0.25) is 4.90 Å². The number of aromatic amines is 1. The molecule has 0 saturated carbocycles. The summed E-state index contributed by atoms with van der Waals surface area (Å²) in [5.74, 6) is -0.563. The molecule has 5 nitrogen and oxygen atoms in total. The van der Waals surface area contributed by atoms with Gasteiger partial charge in [-0.1, -0.05) is 11.6 Å². The first-order valence-corrected chi connectivity index (χ1v) is 6.99. The zero-order valence-electron chi connectivity index (χ0n) is 10.6. The zero-order valence-corrected chi connectivity index (χ0v) is 13.0. The van der Waals surface area contributed by atoms with Crippen molar-refractivity contribution in [2.75, 3.05) is 11.9 Å². The van der Waals surface area contributed by atoms with Gasteiger partial charge in [0.1, 0.15) is 11.5 Å². The van der Waals surface area contributed by atoms with Gasteiger partial charge in [0, 0.05) is 30.1 Å². The Morgan fingerprint density at radius 3 is 2.90 bits per heavy atom. The monoisotopic (exact) mass is 371 g/mol. The maximum Gasteiger partial charge on any atom is 0.411 e. The van der Waals surface area contributed by atoms with Crippen LogP contribution in [0.25, 0.3) is 21.9 Å². The second kappa shape index (κ2) is 4.85. The van der Waals surface area contributed by atoms with Crippen molar-refractivity contribution in [3.05, 3.63) is 33.6 Å². The quantitative estimate of drug-likeness (QED) is 0.666. The lowest BCUT2D eigenvalue weighted by Crippen LogP contribution is -2.24. The van der Waals surface area contributed by atoms with Crippen LogP contribution in [0.4, 0.5) is 14.9 Å². The molecule has 0 saturated heterocycles. The molecule has 3 rings (SSSR count). The predicted molar refractivity (Wildman–Crippen MR) is 82.7 cm³/mol. The molecule has 21 heavy (non-hydrogen) atoms. The lowest BCUT2D eigenvalue weighted by Gasteiger charge is -2.15. The SMILES string of the molecule is CN(C(=O)O)c1cc(F)c(Br)c2c1[nH]c1ncc(Cl)cc12. The smallest absolute Gasteiger partial charge is 0.411 e. The highest BCUT2D eigenvalue weighted by molar-refractivity contribution is 9.10. The second-order valence-electron chi connectivity index (χ2n) is 4.46. The highest BCUT2D eigenvalue weighted by Crippen LogP contribution is 2.39. The maximum atomic E-state index is 14.1. The molecule has 0 aliphatic rings. The lowest BCUT2D eigenvalue weighted by molar-refractivity contribution is 0.203. The first kappa shape index (κ1) is 14.1. The molecule has 0 fully saturated rings. The molecule has 0 spiro atoms. The number of aromatic nitrogens is 2. The molecule has 2 heterocycles. The van der Waals surface area contributed by atoms with E-state index in [1.807, 2.05) is 0 Å². The average Bonchev–Trinajstić information content (AvgIpc) is 2.80. The summed E-state index contributed by atoms with van der Waals surface area (Å²) in [6.45, 7) is 0. The lowest BCUT2D eigenvalue weighted by atomic mass is 10.1. The van der Waals surface area contributed by atoms with Gasteiger partial charge in [-0.15, -0.1) is 0 Å². The van der Waals surface area contributed by atoms with Crippen molar-refractivity contribution in [1.29, 1.82) is 0 Å². The number of hydrogen-bond acceptors (Lipinski definition) is 2. The summed E-state index contributed by atoms with van der Waals surface area (Å²) in [5, 5.41) is 10.6. The first-order chi connectivity index (χ1) is 9.90. The third-order valence-electron chi connectivity index (χ3n) is 3.21. The summed E-state index contributed by atoms with van der Waals surface area (Å²) in [6.07, 6.45) is 0.270. The Morgan fingerprint density at radius 1 is 1.52 bits per heavy atom. The zero-order chi connectivity index (χ0) is 15.3. The van der Waals surface area contributed by atoms with Crippen LogP contribution < -0.4 is 4.90 Å². The minimum atomic E-state index is -1.19. The third kappa shape index (κ3) is 2.13. The molecule has 0 atom stereocenters. The number of H-pyrrole nitrogens is 1. The summed E-state index contributed by atoms with van der Waals surface area (Å²) in [5.41, 5.74) is 1.17. The molecule has 8 heteroatoms. The summed E-state index contributed by atoms with van der Waals surface area (Å²) in [6, 6.07) is 2.80. The van der Waals surface area contributed by atoms with Gasteiger partial charge in [0.2, 0.25) is 0 Å². The number of fused-ring (bicyclic) bond motifs is 3. The molecule has 0 bridgehead atoms. The van der Waals surface area contributed by atoms with E-state index in [-0.39, 0.29) is 10.2 Å². The Morgan fingerprint density at radius 2 is 2.24 bits per heavy atom. The Labute approximate surface area is 131 Å². The molecule has 1 aromatic carbocycles. The highest BCUT2D eigenvalue weighted by Gasteiger charge is 2.20. The van der Waals surface area contributed by atoms with E-state index in [0.717, 1.165) is 11.0 Å². The van der Waals surface area contributed by atoms with Crippen LogP contribution in [0.15, 0.2) is 22.8 Å². The average molecular weight is 373 g/mol. The van der Waals surface area contributed by atoms with Crippen LogP contribution in [0.3, 0.4) is 0 Å². The Bertz CT molecular complexity index is 896. The van der Waals surface area contributed by atoms with Gasteiger partial charge in [-0.25, -0.2) is 14.2 Å². The van der Waals surface area contributed by atoms with E-state index in [1.165, 1.54) is 13.2 Å². The van der Waals surface area contributed by atoms with Gasteiger partial charge in [-0.2, -0.15) is 0 Å². The molecule has 1 amide bonds. The Hall–Kier alpha value is -1.86. The summed E-state index contributed by atoms with van der Waals surface area (Å²) in [7, 11) is 1.34. The van der Waals surface area contributed by atoms with E-state index in [9.17, 15) is 9.18 Å². The molecular formula is C13H8BrClFN3O2. The number of nitrogens with one attached hydrogen (secondary N) is 1. The van der Waals surface area contributed by atoms with Crippen LogP contribution in [0.5, 0.6) is 0 Å².